The first kappa shape index (κ1) is 7.32. The minimum Gasteiger partial charge on any atom is -0.376 e. The molecule has 2 heteroatoms. The molecule has 58 valence electrons. The van der Waals surface area contributed by atoms with Gasteiger partial charge in [0.15, 0.2) is 0 Å². The van der Waals surface area contributed by atoms with E-state index in [4.69, 9.17) is 4.74 Å². The first-order valence-corrected chi connectivity index (χ1v) is 4.41. The van der Waals surface area contributed by atoms with Crippen LogP contribution in [0.4, 0.5) is 0 Å². The molecule has 1 aliphatic carbocycles. The lowest BCUT2D eigenvalue weighted by molar-refractivity contribution is 0.0844. The quantitative estimate of drug-likeness (QED) is 0.696. The standard InChI is InChI=1S/C9H9BrO/c1-11-9-4-6-2-3-7(10)5-8(6)9/h2-3,5,9H,4H2,1H3. The molecule has 0 saturated carbocycles. The Balaban J connectivity index is 2.37. The summed E-state index contributed by atoms with van der Waals surface area (Å²) in [7, 11) is 1.76. The maximum atomic E-state index is 5.25. The lowest BCUT2D eigenvalue weighted by Crippen LogP contribution is -2.18. The first-order valence-electron chi connectivity index (χ1n) is 3.62. The molecule has 0 aromatic heterocycles. The number of hydrogen-bond acceptors (Lipinski definition) is 1. The summed E-state index contributed by atoms with van der Waals surface area (Å²) in [4.78, 5) is 0. The van der Waals surface area contributed by atoms with Crippen LogP contribution in [-0.2, 0) is 11.2 Å². The van der Waals surface area contributed by atoms with Crippen molar-refractivity contribution >= 4 is 15.9 Å². The molecule has 11 heavy (non-hydrogen) atoms. The van der Waals surface area contributed by atoms with Gasteiger partial charge in [-0.15, -0.1) is 0 Å². The zero-order chi connectivity index (χ0) is 7.84. The smallest absolute Gasteiger partial charge is 0.0864 e. The number of methoxy groups -OCH3 is 1. The van der Waals surface area contributed by atoms with Crippen LogP contribution in [0.2, 0.25) is 0 Å². The number of benzene rings is 1. The fraction of sp³-hybridized carbons (Fsp3) is 0.333. The monoisotopic (exact) mass is 212 g/mol. The second-order valence-electron chi connectivity index (χ2n) is 2.77. The lowest BCUT2D eigenvalue weighted by Gasteiger charge is -2.28. The van der Waals surface area contributed by atoms with E-state index in [0.29, 0.717) is 6.10 Å². The molecule has 1 aliphatic rings. The van der Waals surface area contributed by atoms with Crippen molar-refractivity contribution in [2.75, 3.05) is 7.11 Å². The summed E-state index contributed by atoms with van der Waals surface area (Å²) in [5.41, 5.74) is 2.75. The molecular formula is C9H9BrO. The van der Waals surface area contributed by atoms with Gasteiger partial charge >= 0.3 is 0 Å². The Hall–Kier alpha value is -0.340. The van der Waals surface area contributed by atoms with Gasteiger partial charge in [0.2, 0.25) is 0 Å². The predicted octanol–water partition coefficient (Wildman–Crippen LogP) is 2.69. The van der Waals surface area contributed by atoms with Crippen LogP contribution < -0.4 is 0 Å². The van der Waals surface area contributed by atoms with E-state index in [1.807, 2.05) is 0 Å². The van der Waals surface area contributed by atoms with Crippen molar-refractivity contribution in [3.05, 3.63) is 33.8 Å². The van der Waals surface area contributed by atoms with Gasteiger partial charge in [-0.1, -0.05) is 22.0 Å². The van der Waals surface area contributed by atoms with E-state index in [-0.39, 0.29) is 0 Å². The number of hydrogen-bond donors (Lipinski definition) is 0. The summed E-state index contributed by atoms with van der Waals surface area (Å²) in [5.74, 6) is 0. The van der Waals surface area contributed by atoms with Gasteiger partial charge < -0.3 is 4.74 Å². The van der Waals surface area contributed by atoms with Crippen molar-refractivity contribution in [3.63, 3.8) is 0 Å². The maximum Gasteiger partial charge on any atom is 0.0864 e. The summed E-state index contributed by atoms with van der Waals surface area (Å²) in [6, 6.07) is 6.35. The SMILES string of the molecule is COC1Cc2ccc(Br)cc21. The zero-order valence-electron chi connectivity index (χ0n) is 6.30. The van der Waals surface area contributed by atoms with E-state index < -0.39 is 0 Å². The zero-order valence-corrected chi connectivity index (χ0v) is 7.89. The maximum absolute atomic E-state index is 5.25. The highest BCUT2D eigenvalue weighted by molar-refractivity contribution is 9.10. The van der Waals surface area contributed by atoms with E-state index in [9.17, 15) is 0 Å². The second kappa shape index (κ2) is 2.61. The molecular weight excluding hydrogens is 204 g/mol. The highest BCUT2D eigenvalue weighted by Crippen LogP contribution is 2.36. The molecule has 1 aromatic carbocycles. The van der Waals surface area contributed by atoms with Gasteiger partial charge in [0.05, 0.1) is 6.10 Å². The molecule has 1 aromatic rings. The van der Waals surface area contributed by atoms with E-state index in [1.165, 1.54) is 11.1 Å². The van der Waals surface area contributed by atoms with Crippen molar-refractivity contribution in [2.24, 2.45) is 0 Å². The Bertz CT molecular complexity index is 283. The van der Waals surface area contributed by atoms with Gasteiger partial charge in [-0.3, -0.25) is 0 Å². The van der Waals surface area contributed by atoms with Gasteiger partial charge in [0.25, 0.3) is 0 Å². The number of halogens is 1. The minimum absolute atomic E-state index is 0.336. The second-order valence-corrected chi connectivity index (χ2v) is 3.69. The third kappa shape index (κ3) is 1.10. The van der Waals surface area contributed by atoms with Gasteiger partial charge in [-0.2, -0.15) is 0 Å². The molecule has 0 aliphatic heterocycles. The van der Waals surface area contributed by atoms with E-state index >= 15 is 0 Å². The Morgan fingerprint density at radius 3 is 3.09 bits per heavy atom. The summed E-state index contributed by atoms with van der Waals surface area (Å²) >= 11 is 3.43. The molecule has 1 atom stereocenters. The van der Waals surface area contributed by atoms with Crippen molar-refractivity contribution < 1.29 is 4.74 Å². The highest BCUT2D eigenvalue weighted by Gasteiger charge is 2.25. The van der Waals surface area contributed by atoms with E-state index in [0.717, 1.165) is 10.9 Å². The molecule has 0 saturated heterocycles. The molecule has 0 amide bonds. The Labute approximate surface area is 74.5 Å². The molecule has 1 unspecified atom stereocenters. The van der Waals surface area contributed by atoms with Gasteiger partial charge in [-0.05, 0) is 23.3 Å². The molecule has 0 radical (unpaired) electrons. The van der Waals surface area contributed by atoms with Crippen LogP contribution in [0.3, 0.4) is 0 Å². The topological polar surface area (TPSA) is 9.23 Å². The fourth-order valence-corrected chi connectivity index (χ4v) is 1.82. The largest absolute Gasteiger partial charge is 0.376 e. The molecule has 1 nitrogen and oxygen atoms in total. The molecule has 0 heterocycles. The molecule has 0 bridgehead atoms. The number of rotatable bonds is 1. The van der Waals surface area contributed by atoms with Crippen LogP contribution in [0.1, 0.15) is 17.2 Å². The Morgan fingerprint density at radius 1 is 1.55 bits per heavy atom. The normalized spacial score (nSPS) is 20.7. The average molecular weight is 213 g/mol. The first-order chi connectivity index (χ1) is 5.31. The highest BCUT2D eigenvalue weighted by atomic mass is 79.9. The molecule has 0 fully saturated rings. The van der Waals surface area contributed by atoms with Crippen LogP contribution in [0.25, 0.3) is 0 Å². The van der Waals surface area contributed by atoms with Crippen LogP contribution in [0, 0.1) is 0 Å². The van der Waals surface area contributed by atoms with Crippen molar-refractivity contribution in [1.82, 2.24) is 0 Å². The van der Waals surface area contributed by atoms with Gasteiger partial charge in [0.1, 0.15) is 0 Å². The van der Waals surface area contributed by atoms with Crippen LogP contribution in [0.5, 0.6) is 0 Å². The average Bonchev–Trinajstić information content (AvgIpc) is 1.97. The predicted molar refractivity (Wildman–Crippen MR) is 47.6 cm³/mol. The van der Waals surface area contributed by atoms with Gasteiger partial charge in [-0.25, -0.2) is 0 Å². The van der Waals surface area contributed by atoms with Crippen molar-refractivity contribution in [3.8, 4) is 0 Å². The number of fused-ring (bicyclic) bond motifs is 1. The van der Waals surface area contributed by atoms with Crippen LogP contribution in [-0.4, -0.2) is 7.11 Å². The third-order valence-corrected chi connectivity index (χ3v) is 2.64. The van der Waals surface area contributed by atoms with E-state index in [1.54, 1.807) is 7.11 Å². The molecule has 2 rings (SSSR count). The summed E-state index contributed by atoms with van der Waals surface area (Å²) in [6.45, 7) is 0. The summed E-state index contributed by atoms with van der Waals surface area (Å²) in [5, 5.41) is 0. The minimum atomic E-state index is 0.336. The molecule has 0 N–H and O–H groups in total. The third-order valence-electron chi connectivity index (χ3n) is 2.14. The van der Waals surface area contributed by atoms with E-state index in [2.05, 4.69) is 34.1 Å². The van der Waals surface area contributed by atoms with Crippen molar-refractivity contribution in [2.45, 2.75) is 12.5 Å². The van der Waals surface area contributed by atoms with Crippen LogP contribution in [0.15, 0.2) is 22.7 Å². The Kier molecular flexibility index (Phi) is 1.74. The fourth-order valence-electron chi connectivity index (χ4n) is 1.44. The number of ether oxygens (including phenoxy) is 1. The summed E-state index contributed by atoms with van der Waals surface area (Å²) < 4.78 is 6.38. The van der Waals surface area contributed by atoms with Crippen molar-refractivity contribution in [1.29, 1.82) is 0 Å². The summed E-state index contributed by atoms with van der Waals surface area (Å²) in [6.07, 6.45) is 1.40. The Morgan fingerprint density at radius 2 is 2.36 bits per heavy atom. The lowest BCUT2D eigenvalue weighted by atomic mass is 9.86. The molecule has 0 spiro atoms. The van der Waals surface area contributed by atoms with Crippen LogP contribution >= 0.6 is 15.9 Å². The van der Waals surface area contributed by atoms with Gasteiger partial charge in [0, 0.05) is 18.0 Å².